The molecule has 2 aliphatic rings. The number of aliphatic hydroxyl groups excluding tert-OH is 3. The third-order valence-corrected chi connectivity index (χ3v) is 7.07. The molecule has 2 aliphatic heterocycles. The Labute approximate surface area is 180 Å². The molecule has 2 aromatic carbocycles. The number of halogens is 1. The maximum atomic E-state index is 13.2. The van der Waals surface area contributed by atoms with E-state index in [1.54, 1.807) is 23.5 Å². The summed E-state index contributed by atoms with van der Waals surface area (Å²) >= 11 is 1.57. The van der Waals surface area contributed by atoms with Crippen LogP contribution >= 0.6 is 11.3 Å². The van der Waals surface area contributed by atoms with Gasteiger partial charge in [-0.3, -0.25) is 0 Å². The number of hydrogen-bond donors (Lipinski definition) is 3. The minimum absolute atomic E-state index is 0.150. The van der Waals surface area contributed by atoms with Crippen molar-refractivity contribution >= 4 is 21.4 Å². The van der Waals surface area contributed by atoms with Gasteiger partial charge in [0.05, 0.1) is 13.2 Å². The zero-order valence-electron chi connectivity index (χ0n) is 16.3. The van der Waals surface area contributed by atoms with Crippen molar-refractivity contribution in [3.63, 3.8) is 0 Å². The fraction of sp³-hybridized carbons (Fsp3) is 0.364. The Balaban J connectivity index is 1.57. The van der Waals surface area contributed by atoms with Gasteiger partial charge in [0.25, 0.3) is 0 Å². The molecule has 0 bridgehead atoms. The number of aliphatic hydroxyl groups is 3. The molecule has 0 unspecified atom stereocenters. The van der Waals surface area contributed by atoms with Crippen LogP contribution in [0.5, 0.6) is 0 Å². The highest BCUT2D eigenvalue weighted by Crippen LogP contribution is 2.48. The number of ether oxygens (including phenoxy) is 2. The molecule has 3 heterocycles. The molecule has 1 aromatic heterocycles. The van der Waals surface area contributed by atoms with Gasteiger partial charge in [-0.05, 0) is 58.1 Å². The van der Waals surface area contributed by atoms with Crippen LogP contribution in [0.1, 0.15) is 22.3 Å². The summed E-state index contributed by atoms with van der Waals surface area (Å²) < 4.78 is 26.0. The van der Waals surface area contributed by atoms with E-state index in [1.165, 1.54) is 12.1 Å². The van der Waals surface area contributed by atoms with Gasteiger partial charge in [-0.25, -0.2) is 4.39 Å². The first-order valence-electron chi connectivity index (χ1n) is 9.86. The zero-order chi connectivity index (χ0) is 21.8. The predicted molar refractivity (Wildman–Crippen MR) is 111 cm³/mol. The van der Waals surface area contributed by atoms with Gasteiger partial charge in [0.15, 0.2) is 0 Å². The summed E-state index contributed by atoms with van der Waals surface area (Å²) in [5, 5.41) is 36.8. The molecule has 5 atom stereocenters. The monoisotopic (exact) mass is 445 g/mol. The summed E-state index contributed by atoms with van der Waals surface area (Å²) in [7, 11) is 0. The maximum absolute atomic E-state index is 13.2. The smallest absolute Gasteiger partial charge is 0.225 e. The molecule has 1 saturated heterocycles. The van der Waals surface area contributed by atoms with Crippen LogP contribution in [-0.4, -0.2) is 46.3 Å². The van der Waals surface area contributed by atoms with Crippen LogP contribution in [0.15, 0.2) is 47.0 Å². The molecule has 31 heavy (non-hydrogen) atoms. The number of thiophene rings is 1. The van der Waals surface area contributed by atoms with E-state index in [9.17, 15) is 24.6 Å². The molecule has 0 radical (unpaired) electrons. The van der Waals surface area contributed by atoms with E-state index in [1.807, 2.05) is 17.5 Å². The summed E-state index contributed by atoms with van der Waals surface area (Å²) in [6, 6.07) is 8.83. The van der Waals surface area contributed by atoms with Crippen LogP contribution in [-0.2, 0) is 28.3 Å². The first-order valence-corrected chi connectivity index (χ1v) is 10.7. The fourth-order valence-corrected chi connectivity index (χ4v) is 5.45. The van der Waals surface area contributed by atoms with Gasteiger partial charge in [0, 0.05) is 10.3 Å². The van der Waals surface area contributed by atoms with Crippen molar-refractivity contribution in [3.8, 4) is 0 Å². The molecular weight excluding hydrogens is 425 g/mol. The lowest BCUT2D eigenvalue weighted by molar-refractivity contribution is -0.351. The van der Waals surface area contributed by atoms with Gasteiger partial charge in [-0.15, -0.1) is 11.3 Å². The van der Waals surface area contributed by atoms with E-state index in [2.05, 4.69) is 5.18 Å². The van der Waals surface area contributed by atoms with E-state index < -0.39 is 36.7 Å². The molecule has 1 spiro atoms. The Morgan fingerprint density at radius 2 is 2.00 bits per heavy atom. The minimum atomic E-state index is -1.70. The summed E-state index contributed by atoms with van der Waals surface area (Å²) in [6.45, 7) is -0.408. The molecule has 162 valence electrons. The first-order chi connectivity index (χ1) is 15.0. The molecule has 0 aliphatic carbocycles. The van der Waals surface area contributed by atoms with Crippen molar-refractivity contribution in [1.82, 2.24) is 0 Å². The van der Waals surface area contributed by atoms with E-state index >= 15 is 0 Å². The second-order valence-corrected chi connectivity index (χ2v) is 8.81. The van der Waals surface area contributed by atoms with E-state index in [4.69, 9.17) is 9.47 Å². The Kier molecular flexibility index (Phi) is 5.12. The van der Waals surface area contributed by atoms with Crippen LogP contribution in [0.2, 0.25) is 0 Å². The highest BCUT2D eigenvalue weighted by atomic mass is 32.1. The second-order valence-electron chi connectivity index (χ2n) is 7.90. The van der Waals surface area contributed by atoms with Crippen molar-refractivity contribution in [3.05, 3.63) is 74.8 Å². The average molecular weight is 445 g/mol. The second kappa shape index (κ2) is 7.70. The van der Waals surface area contributed by atoms with Gasteiger partial charge >= 0.3 is 0 Å². The zero-order valence-corrected chi connectivity index (χ0v) is 17.1. The third kappa shape index (κ3) is 3.20. The number of benzene rings is 2. The topological polar surface area (TPSA) is 109 Å². The standard InChI is InChI=1S/C22H20FNO6S/c23-14-3-1-11(2-4-14)5-13-10-31-18-6-12-9-29-22(16(12)7-15(13)18)21(27)20(26)19(24-28)17(8-25)30-22/h1-4,6-7,10,17,19-21,25-27H,5,8-9H2/t17-,19-,20+,21-,22+/m1/s1. The Hall–Kier alpha value is -2.27. The highest BCUT2D eigenvalue weighted by molar-refractivity contribution is 7.17. The van der Waals surface area contributed by atoms with Crippen molar-refractivity contribution < 1.29 is 29.2 Å². The molecule has 7 nitrogen and oxygen atoms in total. The number of nitroso groups, excluding NO2 is 1. The van der Waals surface area contributed by atoms with Crippen molar-refractivity contribution in [2.75, 3.05) is 6.61 Å². The Bertz CT molecular complexity index is 1130. The number of rotatable bonds is 4. The largest absolute Gasteiger partial charge is 0.394 e. The fourth-order valence-electron chi connectivity index (χ4n) is 4.45. The molecule has 0 saturated carbocycles. The quantitative estimate of drug-likeness (QED) is 0.533. The van der Waals surface area contributed by atoms with Crippen LogP contribution in [0, 0.1) is 10.7 Å². The summed E-state index contributed by atoms with van der Waals surface area (Å²) in [6.07, 6.45) is -3.63. The molecule has 9 heteroatoms. The van der Waals surface area contributed by atoms with Gasteiger partial charge in [0.1, 0.15) is 30.2 Å². The van der Waals surface area contributed by atoms with Crippen molar-refractivity contribution in [2.24, 2.45) is 5.18 Å². The lowest BCUT2D eigenvalue weighted by Crippen LogP contribution is -2.62. The van der Waals surface area contributed by atoms with Crippen molar-refractivity contribution in [2.45, 2.75) is 43.2 Å². The lowest BCUT2D eigenvalue weighted by atomic mass is 9.86. The summed E-state index contributed by atoms with van der Waals surface area (Å²) in [5.74, 6) is -1.99. The molecule has 0 amide bonds. The van der Waals surface area contributed by atoms with Crippen molar-refractivity contribution in [1.29, 1.82) is 0 Å². The van der Waals surface area contributed by atoms with Gasteiger partial charge in [-0.1, -0.05) is 17.3 Å². The Morgan fingerprint density at radius 3 is 2.71 bits per heavy atom. The highest BCUT2D eigenvalue weighted by Gasteiger charge is 2.59. The molecule has 1 fully saturated rings. The van der Waals surface area contributed by atoms with Crippen LogP contribution in [0.25, 0.3) is 10.1 Å². The molecule has 3 N–H and O–H groups in total. The van der Waals surface area contributed by atoms with Crippen LogP contribution in [0.3, 0.4) is 0 Å². The minimum Gasteiger partial charge on any atom is -0.394 e. The lowest BCUT2D eigenvalue weighted by Gasteiger charge is -2.45. The Morgan fingerprint density at radius 1 is 1.23 bits per heavy atom. The average Bonchev–Trinajstić information content (AvgIpc) is 3.34. The summed E-state index contributed by atoms with van der Waals surface area (Å²) in [4.78, 5) is 11.1. The normalized spacial score (nSPS) is 30.1. The van der Waals surface area contributed by atoms with E-state index in [-0.39, 0.29) is 12.4 Å². The SMILES string of the molecule is O=N[C@H]1[C@H](O)[C@@H](O)[C@@]2(OCc3cc4scc(Cc5ccc(F)cc5)c4cc32)O[C@@H]1CO. The van der Waals surface area contributed by atoms with E-state index in [0.29, 0.717) is 12.0 Å². The van der Waals surface area contributed by atoms with Crippen LogP contribution in [0.4, 0.5) is 4.39 Å². The predicted octanol–water partition coefficient (Wildman–Crippen LogP) is 2.56. The first kappa shape index (κ1) is 20.6. The maximum Gasteiger partial charge on any atom is 0.225 e. The van der Waals surface area contributed by atoms with Gasteiger partial charge in [-0.2, -0.15) is 4.91 Å². The third-order valence-electron chi connectivity index (χ3n) is 6.08. The van der Waals surface area contributed by atoms with Gasteiger partial charge < -0.3 is 24.8 Å². The molecule has 5 rings (SSSR count). The molecule has 3 aromatic rings. The number of hydrogen-bond acceptors (Lipinski definition) is 8. The van der Waals surface area contributed by atoms with Crippen LogP contribution < -0.4 is 0 Å². The molecular formula is C22H20FNO6S. The van der Waals surface area contributed by atoms with Gasteiger partial charge in [0.2, 0.25) is 5.79 Å². The summed E-state index contributed by atoms with van der Waals surface area (Å²) in [5.41, 5.74) is 3.32. The number of fused-ring (bicyclic) bond motifs is 3. The number of nitrogens with zero attached hydrogens (tertiary/aromatic N) is 1. The van der Waals surface area contributed by atoms with E-state index in [0.717, 1.165) is 26.8 Å².